The van der Waals surface area contributed by atoms with Gasteiger partial charge in [0.2, 0.25) is 0 Å². The molecule has 4 aromatic rings. The van der Waals surface area contributed by atoms with Crippen LogP contribution in [0.3, 0.4) is 0 Å². The highest BCUT2D eigenvalue weighted by atomic mass is 35.5. The normalized spacial score (nSPS) is 15.2. The van der Waals surface area contributed by atoms with Crippen LogP contribution >= 0.6 is 22.9 Å². The fourth-order valence-corrected chi connectivity index (χ4v) is 4.80. The number of amides is 2. The zero-order valence-corrected chi connectivity index (χ0v) is 16.6. The number of fused-ring (bicyclic) bond motifs is 2. The molecule has 0 fully saturated rings. The molecule has 0 radical (unpaired) electrons. The van der Waals surface area contributed by atoms with Gasteiger partial charge in [-0.1, -0.05) is 48.0 Å². The van der Waals surface area contributed by atoms with Gasteiger partial charge >= 0.3 is 0 Å². The number of hydrogen-bond acceptors (Lipinski definition) is 4. The smallest absolute Gasteiger partial charge is 0.271 e. The molecule has 0 aliphatic carbocycles. The average molecular weight is 420 g/mol. The minimum atomic E-state index is -0.477. The third kappa shape index (κ3) is 2.97. The number of anilines is 1. The Hall–Kier alpha value is -3.22. The Morgan fingerprint density at radius 3 is 2.76 bits per heavy atom. The first-order valence-electron chi connectivity index (χ1n) is 8.95. The molecule has 2 amide bonds. The van der Waals surface area contributed by atoms with Crippen molar-refractivity contribution < 1.29 is 9.59 Å². The van der Waals surface area contributed by atoms with E-state index in [0.29, 0.717) is 27.5 Å². The Balaban J connectivity index is 1.57. The monoisotopic (exact) mass is 419 g/mol. The van der Waals surface area contributed by atoms with Crippen molar-refractivity contribution in [3.8, 4) is 0 Å². The molecule has 29 heavy (non-hydrogen) atoms. The van der Waals surface area contributed by atoms with Gasteiger partial charge in [0.15, 0.2) is 0 Å². The van der Waals surface area contributed by atoms with Gasteiger partial charge in [-0.3, -0.25) is 14.6 Å². The summed E-state index contributed by atoms with van der Waals surface area (Å²) in [5.74, 6) is -0.518. The highest BCUT2D eigenvalue weighted by Crippen LogP contribution is 2.38. The molecule has 0 bridgehead atoms. The number of pyridine rings is 1. The van der Waals surface area contributed by atoms with Crippen LogP contribution in [0.5, 0.6) is 0 Å². The van der Waals surface area contributed by atoms with E-state index in [1.807, 2.05) is 47.8 Å². The number of carbonyl (C=O) groups excluding carboxylic acids is 2. The molecule has 5 nitrogen and oxygen atoms in total. The van der Waals surface area contributed by atoms with Crippen molar-refractivity contribution in [2.24, 2.45) is 0 Å². The van der Waals surface area contributed by atoms with E-state index >= 15 is 0 Å². The quantitative estimate of drug-likeness (QED) is 0.489. The molecule has 2 N–H and O–H groups in total. The van der Waals surface area contributed by atoms with Gasteiger partial charge < -0.3 is 10.6 Å². The van der Waals surface area contributed by atoms with Crippen LogP contribution in [-0.4, -0.2) is 16.8 Å². The van der Waals surface area contributed by atoms with Crippen LogP contribution in [-0.2, 0) is 0 Å². The molecule has 1 aliphatic rings. The zero-order chi connectivity index (χ0) is 20.0. The van der Waals surface area contributed by atoms with Crippen molar-refractivity contribution in [3.63, 3.8) is 0 Å². The number of aromatic nitrogens is 1. The highest BCUT2D eigenvalue weighted by molar-refractivity contribution is 7.17. The molecule has 0 saturated carbocycles. The van der Waals surface area contributed by atoms with Crippen molar-refractivity contribution >= 4 is 50.5 Å². The summed E-state index contributed by atoms with van der Waals surface area (Å²) in [6.45, 7) is 0. The van der Waals surface area contributed by atoms with Gasteiger partial charge in [0.1, 0.15) is 5.69 Å². The lowest BCUT2D eigenvalue weighted by Crippen LogP contribution is -2.21. The summed E-state index contributed by atoms with van der Waals surface area (Å²) in [4.78, 5) is 29.7. The summed E-state index contributed by atoms with van der Waals surface area (Å²) in [6.07, 6.45) is 1.52. The maximum absolute atomic E-state index is 13.0. The van der Waals surface area contributed by atoms with Crippen molar-refractivity contribution in [2.45, 2.75) is 6.04 Å². The molecule has 2 aromatic heterocycles. The standard InChI is InChI=1S/C22H14ClN3O2S/c23-15-7-3-1-6-13(15)19-18-16(9-10-24-20(18)22(28)26-19)25-21(27)14-11-29-17-8-4-2-5-12(14)17/h1-11,19H,(H,26,28)(H,24,25,27). The lowest BCUT2D eigenvalue weighted by atomic mass is 9.99. The summed E-state index contributed by atoms with van der Waals surface area (Å²) in [5.41, 5.74) is 2.81. The van der Waals surface area contributed by atoms with E-state index in [1.165, 1.54) is 17.5 Å². The molecular weight excluding hydrogens is 406 g/mol. The number of carbonyl (C=O) groups is 2. The van der Waals surface area contributed by atoms with Gasteiger partial charge in [0.05, 0.1) is 17.3 Å². The van der Waals surface area contributed by atoms with Crippen molar-refractivity contribution in [3.05, 3.63) is 93.6 Å². The fraction of sp³-hybridized carbons (Fsp3) is 0.0455. The number of hydrogen-bond donors (Lipinski definition) is 2. The van der Waals surface area contributed by atoms with Gasteiger partial charge in [-0.25, -0.2) is 0 Å². The number of nitrogens with one attached hydrogen (secondary N) is 2. The molecule has 0 spiro atoms. The Bertz CT molecular complexity index is 1280. The molecule has 1 aliphatic heterocycles. The Morgan fingerprint density at radius 2 is 1.90 bits per heavy atom. The zero-order valence-electron chi connectivity index (χ0n) is 15.0. The van der Waals surface area contributed by atoms with Gasteiger partial charge in [-0.05, 0) is 23.8 Å². The Kier molecular flexibility index (Phi) is 4.30. The number of halogens is 1. The highest BCUT2D eigenvalue weighted by Gasteiger charge is 2.35. The van der Waals surface area contributed by atoms with Crippen molar-refractivity contribution in [2.75, 3.05) is 5.32 Å². The Morgan fingerprint density at radius 1 is 1.10 bits per heavy atom. The van der Waals surface area contributed by atoms with Crippen LogP contribution in [0, 0.1) is 0 Å². The van der Waals surface area contributed by atoms with Gasteiger partial charge in [-0.15, -0.1) is 11.3 Å². The van der Waals surface area contributed by atoms with Gasteiger partial charge in [-0.2, -0.15) is 0 Å². The fourth-order valence-electron chi connectivity index (χ4n) is 3.61. The van der Waals surface area contributed by atoms with Crippen LogP contribution in [0.15, 0.2) is 66.2 Å². The van der Waals surface area contributed by atoms with E-state index < -0.39 is 6.04 Å². The minimum absolute atomic E-state index is 0.229. The Labute approximate surface area is 175 Å². The molecule has 1 unspecified atom stereocenters. The second kappa shape index (κ2) is 6.99. The SMILES string of the molecule is O=C1NC(c2ccccc2Cl)c2c(NC(=O)c3csc4ccccc34)ccnc21. The van der Waals surface area contributed by atoms with Crippen LogP contribution in [0.4, 0.5) is 5.69 Å². The summed E-state index contributed by atoms with van der Waals surface area (Å²) >= 11 is 7.89. The maximum atomic E-state index is 13.0. The van der Waals surface area contributed by atoms with E-state index in [4.69, 9.17) is 11.6 Å². The molecule has 7 heteroatoms. The molecule has 5 rings (SSSR count). The first kappa shape index (κ1) is 17.8. The lowest BCUT2D eigenvalue weighted by Gasteiger charge is -2.17. The third-order valence-electron chi connectivity index (χ3n) is 4.96. The van der Waals surface area contributed by atoms with E-state index in [9.17, 15) is 9.59 Å². The first-order valence-corrected chi connectivity index (χ1v) is 10.2. The van der Waals surface area contributed by atoms with E-state index in [1.54, 1.807) is 12.1 Å². The molecule has 2 aromatic carbocycles. The molecule has 3 heterocycles. The van der Waals surface area contributed by atoms with E-state index in [2.05, 4.69) is 15.6 Å². The summed E-state index contributed by atoms with van der Waals surface area (Å²) in [7, 11) is 0. The predicted octanol–water partition coefficient (Wildman–Crippen LogP) is 5.03. The lowest BCUT2D eigenvalue weighted by molar-refractivity contribution is 0.0955. The maximum Gasteiger partial charge on any atom is 0.271 e. The molecule has 0 saturated heterocycles. The minimum Gasteiger partial charge on any atom is -0.340 e. The number of rotatable bonds is 3. The van der Waals surface area contributed by atoms with Gasteiger partial charge in [0, 0.05) is 32.2 Å². The molecule has 1 atom stereocenters. The average Bonchev–Trinajstić information content (AvgIpc) is 3.31. The van der Waals surface area contributed by atoms with Crippen LogP contribution in [0.25, 0.3) is 10.1 Å². The van der Waals surface area contributed by atoms with E-state index in [-0.39, 0.29) is 11.8 Å². The second-order valence-electron chi connectivity index (χ2n) is 6.65. The predicted molar refractivity (Wildman–Crippen MR) is 115 cm³/mol. The number of benzene rings is 2. The topological polar surface area (TPSA) is 71.1 Å². The summed E-state index contributed by atoms with van der Waals surface area (Å²) in [5, 5.41) is 9.17. The largest absolute Gasteiger partial charge is 0.340 e. The summed E-state index contributed by atoms with van der Waals surface area (Å²) in [6, 6.07) is 16.3. The molecule has 142 valence electrons. The van der Waals surface area contributed by atoms with Gasteiger partial charge in [0.25, 0.3) is 11.8 Å². The van der Waals surface area contributed by atoms with Crippen LogP contribution < -0.4 is 10.6 Å². The van der Waals surface area contributed by atoms with Crippen molar-refractivity contribution in [1.82, 2.24) is 10.3 Å². The van der Waals surface area contributed by atoms with E-state index in [0.717, 1.165) is 15.6 Å². The second-order valence-corrected chi connectivity index (χ2v) is 7.97. The molecular formula is C22H14ClN3O2S. The number of nitrogens with zero attached hydrogens (tertiary/aromatic N) is 1. The van der Waals surface area contributed by atoms with Crippen LogP contribution in [0.1, 0.15) is 38.0 Å². The summed E-state index contributed by atoms with van der Waals surface area (Å²) < 4.78 is 1.04. The third-order valence-corrected chi connectivity index (χ3v) is 6.27. The first-order chi connectivity index (χ1) is 14.1. The number of thiophene rings is 1. The van der Waals surface area contributed by atoms with Crippen molar-refractivity contribution in [1.29, 1.82) is 0 Å². The van der Waals surface area contributed by atoms with Crippen LogP contribution in [0.2, 0.25) is 5.02 Å².